The molecule has 1 fully saturated rings. The Hall–Kier alpha value is -1.82. The second-order valence-corrected chi connectivity index (χ2v) is 5.63. The summed E-state index contributed by atoms with van der Waals surface area (Å²) in [6.45, 7) is 0. The summed E-state index contributed by atoms with van der Waals surface area (Å²) in [4.78, 5) is 12.2. The minimum absolute atomic E-state index is 0.512. The van der Waals surface area contributed by atoms with Crippen LogP contribution in [0.2, 0.25) is 0 Å². The zero-order valence-corrected chi connectivity index (χ0v) is 11.0. The van der Waals surface area contributed by atoms with Gasteiger partial charge < -0.3 is 9.51 Å². The number of nitrogens with one attached hydrogen (secondary N) is 1. The highest BCUT2D eigenvalue weighted by Gasteiger charge is 2.29. The molecule has 6 heteroatoms. The molecule has 3 aromatic rings. The fourth-order valence-corrected chi connectivity index (χ4v) is 2.68. The molecule has 1 N–H and O–H groups in total. The van der Waals surface area contributed by atoms with Crippen LogP contribution >= 0.6 is 11.8 Å². The molecule has 0 atom stereocenters. The number of thioether (sulfide) groups is 1. The van der Waals surface area contributed by atoms with Crippen LogP contribution in [0.15, 0.2) is 33.9 Å². The molecule has 5 nitrogen and oxygen atoms in total. The highest BCUT2D eigenvalue weighted by Crippen LogP contribution is 2.39. The van der Waals surface area contributed by atoms with Gasteiger partial charge in [-0.2, -0.15) is 4.98 Å². The number of imidazole rings is 1. The van der Waals surface area contributed by atoms with Gasteiger partial charge >= 0.3 is 0 Å². The number of hydrogen-bond acceptors (Lipinski definition) is 5. The lowest BCUT2D eigenvalue weighted by Gasteiger charge is -1.90. The third-order valence-corrected chi connectivity index (χ3v) is 3.99. The lowest BCUT2D eigenvalue weighted by Crippen LogP contribution is -1.85. The first-order valence-electron chi connectivity index (χ1n) is 6.28. The maximum absolute atomic E-state index is 5.23. The maximum Gasteiger partial charge on any atom is 0.229 e. The summed E-state index contributed by atoms with van der Waals surface area (Å²) in [5.74, 6) is 2.72. The highest BCUT2D eigenvalue weighted by molar-refractivity contribution is 7.98. The fraction of sp³-hybridized carbons (Fsp3) is 0.308. The van der Waals surface area contributed by atoms with Gasteiger partial charge in [-0.25, -0.2) is 4.98 Å². The third kappa shape index (κ3) is 2.23. The SMILES string of the molecule is c1ccc2[nH]c(SCc3noc(C4CC4)n3)nc2c1. The highest BCUT2D eigenvalue weighted by atomic mass is 32.2. The van der Waals surface area contributed by atoms with Crippen LogP contribution < -0.4 is 0 Å². The van der Waals surface area contributed by atoms with Crippen molar-refractivity contribution in [2.24, 2.45) is 0 Å². The van der Waals surface area contributed by atoms with Gasteiger partial charge in [-0.1, -0.05) is 29.1 Å². The molecule has 0 unspecified atom stereocenters. The molecule has 1 aromatic carbocycles. The number of fused-ring (bicyclic) bond motifs is 1. The predicted octanol–water partition coefficient (Wildman–Crippen LogP) is 3.12. The second kappa shape index (κ2) is 4.38. The van der Waals surface area contributed by atoms with E-state index in [1.54, 1.807) is 11.8 Å². The van der Waals surface area contributed by atoms with Crippen molar-refractivity contribution in [1.29, 1.82) is 0 Å². The number of nitrogens with zero attached hydrogens (tertiary/aromatic N) is 3. The molecule has 1 aliphatic rings. The minimum Gasteiger partial charge on any atom is -0.339 e. The van der Waals surface area contributed by atoms with Crippen LogP contribution in [0, 0.1) is 0 Å². The Morgan fingerprint density at radius 3 is 3.00 bits per heavy atom. The van der Waals surface area contributed by atoms with Crippen LogP contribution in [-0.2, 0) is 5.75 Å². The van der Waals surface area contributed by atoms with Crippen LogP contribution in [0.1, 0.15) is 30.5 Å². The molecule has 2 heterocycles. The number of aromatic amines is 1. The maximum atomic E-state index is 5.23. The number of para-hydroxylation sites is 2. The monoisotopic (exact) mass is 272 g/mol. The van der Waals surface area contributed by atoms with Gasteiger partial charge in [0.05, 0.1) is 16.8 Å². The van der Waals surface area contributed by atoms with E-state index in [0.29, 0.717) is 11.7 Å². The van der Waals surface area contributed by atoms with Crippen LogP contribution in [0.25, 0.3) is 11.0 Å². The lowest BCUT2D eigenvalue weighted by molar-refractivity contribution is 0.375. The zero-order valence-electron chi connectivity index (χ0n) is 10.2. The van der Waals surface area contributed by atoms with Crippen LogP contribution in [-0.4, -0.2) is 20.1 Å². The minimum atomic E-state index is 0.512. The quantitative estimate of drug-likeness (QED) is 0.739. The summed E-state index contributed by atoms with van der Waals surface area (Å²) in [6.07, 6.45) is 2.36. The molecular formula is C13H12N4OS. The van der Waals surface area contributed by atoms with E-state index >= 15 is 0 Å². The Morgan fingerprint density at radius 2 is 2.16 bits per heavy atom. The van der Waals surface area contributed by atoms with Crippen molar-refractivity contribution >= 4 is 22.8 Å². The van der Waals surface area contributed by atoms with E-state index in [1.807, 2.05) is 24.3 Å². The molecule has 0 radical (unpaired) electrons. The molecule has 4 rings (SSSR count). The van der Waals surface area contributed by atoms with Crippen molar-refractivity contribution in [3.05, 3.63) is 36.0 Å². The number of benzene rings is 1. The Labute approximate surface area is 113 Å². The van der Waals surface area contributed by atoms with Crippen LogP contribution in [0.3, 0.4) is 0 Å². The van der Waals surface area contributed by atoms with E-state index < -0.39 is 0 Å². The first kappa shape index (κ1) is 11.0. The molecule has 0 spiro atoms. The van der Waals surface area contributed by atoms with Gasteiger partial charge in [0.2, 0.25) is 5.89 Å². The molecule has 19 heavy (non-hydrogen) atoms. The number of aromatic nitrogens is 4. The lowest BCUT2D eigenvalue weighted by atomic mass is 10.3. The van der Waals surface area contributed by atoms with Crippen LogP contribution in [0.5, 0.6) is 0 Å². The molecule has 0 saturated heterocycles. The topological polar surface area (TPSA) is 67.6 Å². The summed E-state index contributed by atoms with van der Waals surface area (Å²) < 4.78 is 5.23. The average molecular weight is 272 g/mol. The normalized spacial score (nSPS) is 15.2. The zero-order chi connectivity index (χ0) is 12.7. The molecule has 96 valence electrons. The second-order valence-electron chi connectivity index (χ2n) is 4.67. The predicted molar refractivity (Wildman–Crippen MR) is 71.9 cm³/mol. The Kier molecular flexibility index (Phi) is 2.55. The number of rotatable bonds is 4. The Morgan fingerprint density at radius 1 is 1.26 bits per heavy atom. The van der Waals surface area contributed by atoms with Crippen molar-refractivity contribution in [2.45, 2.75) is 29.7 Å². The standard InChI is InChI=1S/C13H12N4OS/c1-2-4-10-9(3-1)14-13(15-10)19-7-11-16-12(18-17-11)8-5-6-8/h1-4,8H,5-7H2,(H,14,15). The molecule has 1 aliphatic carbocycles. The third-order valence-electron chi connectivity index (χ3n) is 3.12. The summed E-state index contributed by atoms with van der Waals surface area (Å²) >= 11 is 1.59. The first-order chi connectivity index (χ1) is 9.38. The number of H-pyrrole nitrogens is 1. The van der Waals surface area contributed by atoms with Gasteiger partial charge in [0.25, 0.3) is 0 Å². The van der Waals surface area contributed by atoms with Crippen molar-refractivity contribution < 1.29 is 4.52 Å². The van der Waals surface area contributed by atoms with E-state index in [0.717, 1.165) is 27.9 Å². The van der Waals surface area contributed by atoms with E-state index in [2.05, 4.69) is 20.1 Å². The van der Waals surface area contributed by atoms with Crippen LogP contribution in [0.4, 0.5) is 0 Å². The molecule has 0 aliphatic heterocycles. The van der Waals surface area contributed by atoms with Gasteiger partial charge in [-0.05, 0) is 25.0 Å². The van der Waals surface area contributed by atoms with Gasteiger partial charge in [0.1, 0.15) is 0 Å². The van der Waals surface area contributed by atoms with Crippen molar-refractivity contribution in [1.82, 2.24) is 20.1 Å². The van der Waals surface area contributed by atoms with Crippen molar-refractivity contribution in [3.63, 3.8) is 0 Å². The summed E-state index contributed by atoms with van der Waals surface area (Å²) in [7, 11) is 0. The van der Waals surface area contributed by atoms with Gasteiger partial charge in [-0.15, -0.1) is 0 Å². The summed E-state index contributed by atoms with van der Waals surface area (Å²) in [6, 6.07) is 8.00. The van der Waals surface area contributed by atoms with Gasteiger partial charge in [-0.3, -0.25) is 0 Å². The van der Waals surface area contributed by atoms with E-state index in [4.69, 9.17) is 4.52 Å². The van der Waals surface area contributed by atoms with Crippen molar-refractivity contribution in [3.8, 4) is 0 Å². The van der Waals surface area contributed by atoms with E-state index in [-0.39, 0.29) is 0 Å². The molecule has 2 aromatic heterocycles. The van der Waals surface area contributed by atoms with E-state index in [1.165, 1.54) is 12.8 Å². The first-order valence-corrected chi connectivity index (χ1v) is 7.27. The smallest absolute Gasteiger partial charge is 0.229 e. The molecular weight excluding hydrogens is 260 g/mol. The Balaban J connectivity index is 1.48. The van der Waals surface area contributed by atoms with E-state index in [9.17, 15) is 0 Å². The van der Waals surface area contributed by atoms with Crippen molar-refractivity contribution in [2.75, 3.05) is 0 Å². The van der Waals surface area contributed by atoms with Gasteiger partial charge in [0, 0.05) is 5.92 Å². The molecule has 0 bridgehead atoms. The average Bonchev–Trinajstić information content (AvgIpc) is 3.03. The number of hydrogen-bond donors (Lipinski definition) is 1. The largest absolute Gasteiger partial charge is 0.339 e. The fourth-order valence-electron chi connectivity index (χ4n) is 1.95. The molecule has 1 saturated carbocycles. The summed E-state index contributed by atoms with van der Waals surface area (Å²) in [5, 5.41) is 4.89. The molecule has 0 amide bonds. The van der Waals surface area contributed by atoms with Gasteiger partial charge in [0.15, 0.2) is 11.0 Å². The Bertz CT molecular complexity index is 683. The summed E-state index contributed by atoms with van der Waals surface area (Å²) in [5.41, 5.74) is 2.04.